The minimum atomic E-state index is -0.217. The van der Waals surface area contributed by atoms with Crippen LogP contribution in [-0.4, -0.2) is 16.0 Å². The third-order valence-electron chi connectivity index (χ3n) is 2.58. The highest BCUT2D eigenvalue weighted by atomic mass is 32.1. The van der Waals surface area contributed by atoms with Crippen molar-refractivity contribution in [1.82, 2.24) is 4.98 Å². The molecule has 94 valence electrons. The number of thiazole rings is 1. The lowest BCUT2D eigenvalue weighted by Gasteiger charge is -2.07. The molecule has 0 spiro atoms. The van der Waals surface area contributed by atoms with Crippen molar-refractivity contribution in [3.63, 3.8) is 0 Å². The maximum Gasteiger partial charge on any atom is 0.275 e. The zero-order valence-electron chi connectivity index (χ0n) is 10.4. The van der Waals surface area contributed by atoms with Crippen molar-refractivity contribution >= 4 is 22.9 Å². The summed E-state index contributed by atoms with van der Waals surface area (Å²) in [6, 6.07) is 4.83. The molecule has 0 aliphatic rings. The van der Waals surface area contributed by atoms with E-state index in [1.54, 1.807) is 18.2 Å². The van der Waals surface area contributed by atoms with Gasteiger partial charge in [-0.25, -0.2) is 4.98 Å². The number of hydrogen-bond acceptors (Lipinski definition) is 4. The Bertz CT molecular complexity index is 605. The van der Waals surface area contributed by atoms with E-state index in [-0.39, 0.29) is 11.7 Å². The predicted molar refractivity (Wildman–Crippen MR) is 72.4 cm³/mol. The van der Waals surface area contributed by atoms with Gasteiger partial charge in [0.1, 0.15) is 11.4 Å². The summed E-state index contributed by atoms with van der Waals surface area (Å²) >= 11 is 1.50. The summed E-state index contributed by atoms with van der Waals surface area (Å²) in [5.41, 5.74) is 1.96. The third-order valence-corrected chi connectivity index (χ3v) is 3.46. The maximum absolute atomic E-state index is 12.1. The van der Waals surface area contributed by atoms with E-state index in [4.69, 9.17) is 0 Å². The highest BCUT2D eigenvalue weighted by molar-refractivity contribution is 7.11. The van der Waals surface area contributed by atoms with E-state index in [9.17, 15) is 9.90 Å². The zero-order valence-corrected chi connectivity index (χ0v) is 11.3. The van der Waals surface area contributed by atoms with Crippen LogP contribution in [0.1, 0.15) is 25.9 Å². The number of benzene rings is 1. The number of aromatic nitrogens is 1. The van der Waals surface area contributed by atoms with Crippen molar-refractivity contribution in [2.24, 2.45) is 0 Å². The second-order valence-corrected chi connectivity index (χ2v) is 5.50. The molecule has 1 heterocycles. The monoisotopic (exact) mass is 262 g/mol. The van der Waals surface area contributed by atoms with Gasteiger partial charge in [0.05, 0.1) is 5.01 Å². The molecule has 1 aromatic heterocycles. The van der Waals surface area contributed by atoms with Gasteiger partial charge in [0.2, 0.25) is 0 Å². The lowest BCUT2D eigenvalue weighted by Crippen LogP contribution is -2.14. The van der Waals surface area contributed by atoms with E-state index in [1.165, 1.54) is 11.3 Å². The Morgan fingerprint density at radius 2 is 2.06 bits per heavy atom. The molecule has 18 heavy (non-hydrogen) atoms. The average Bonchev–Trinajstić information content (AvgIpc) is 2.62. The van der Waals surface area contributed by atoms with Gasteiger partial charge in [-0.3, -0.25) is 4.79 Å². The molecule has 1 amide bonds. The molecule has 2 rings (SSSR count). The lowest BCUT2D eigenvalue weighted by atomic mass is 10.2. The van der Waals surface area contributed by atoms with Crippen LogP contribution in [0, 0.1) is 20.8 Å². The smallest absolute Gasteiger partial charge is 0.275 e. The summed E-state index contributed by atoms with van der Waals surface area (Å²) in [6.07, 6.45) is 0. The van der Waals surface area contributed by atoms with Crippen LogP contribution < -0.4 is 5.32 Å². The van der Waals surface area contributed by atoms with Gasteiger partial charge in [-0.2, -0.15) is 0 Å². The second-order valence-electron chi connectivity index (χ2n) is 4.09. The number of phenolic OH excluding ortho intramolecular Hbond substituents is 1. The fourth-order valence-electron chi connectivity index (χ4n) is 1.71. The molecule has 0 radical (unpaired) electrons. The summed E-state index contributed by atoms with van der Waals surface area (Å²) in [7, 11) is 0. The van der Waals surface area contributed by atoms with Gasteiger partial charge >= 0.3 is 0 Å². The largest absolute Gasteiger partial charge is 0.508 e. The molecule has 0 aliphatic carbocycles. The van der Waals surface area contributed by atoms with Gasteiger partial charge in [0, 0.05) is 10.6 Å². The molecule has 4 nitrogen and oxygen atoms in total. The molecule has 1 aromatic carbocycles. The number of anilines is 1. The van der Waals surface area contributed by atoms with Crippen LogP contribution >= 0.6 is 11.3 Å². The first-order valence-corrected chi connectivity index (χ1v) is 6.34. The van der Waals surface area contributed by atoms with Crippen LogP contribution in [0.3, 0.4) is 0 Å². The molecule has 0 bridgehead atoms. The molecule has 2 N–H and O–H groups in total. The summed E-state index contributed by atoms with van der Waals surface area (Å²) in [4.78, 5) is 17.2. The highest BCUT2D eigenvalue weighted by Crippen LogP contribution is 2.22. The van der Waals surface area contributed by atoms with E-state index in [2.05, 4.69) is 10.3 Å². The fourth-order valence-corrected chi connectivity index (χ4v) is 2.52. The summed E-state index contributed by atoms with van der Waals surface area (Å²) in [6.45, 7) is 5.58. The van der Waals surface area contributed by atoms with Crippen molar-refractivity contribution in [3.05, 3.63) is 39.3 Å². The third kappa shape index (κ3) is 2.51. The summed E-state index contributed by atoms with van der Waals surface area (Å²) < 4.78 is 0. The molecule has 0 atom stereocenters. The van der Waals surface area contributed by atoms with E-state index in [1.807, 2.05) is 20.8 Å². The molecule has 0 saturated heterocycles. The average molecular weight is 262 g/mol. The first kappa shape index (κ1) is 12.6. The maximum atomic E-state index is 12.1. The number of rotatable bonds is 2. The Labute approximate surface area is 109 Å². The van der Waals surface area contributed by atoms with Crippen molar-refractivity contribution in [1.29, 1.82) is 0 Å². The van der Waals surface area contributed by atoms with Crippen molar-refractivity contribution in [2.75, 3.05) is 5.32 Å². The standard InChI is InChI=1S/C13H14N2O2S/c1-7-6-10(16)4-5-11(7)15-13(17)12-8(2)18-9(3)14-12/h4-6,16H,1-3H3,(H,15,17). The molecule has 0 saturated carbocycles. The Morgan fingerprint density at radius 1 is 1.33 bits per heavy atom. The van der Waals surface area contributed by atoms with E-state index in [0.29, 0.717) is 11.4 Å². The fraction of sp³-hybridized carbons (Fsp3) is 0.231. The van der Waals surface area contributed by atoms with Crippen LogP contribution in [0.4, 0.5) is 5.69 Å². The summed E-state index contributed by atoms with van der Waals surface area (Å²) in [5, 5.41) is 13.0. The number of aromatic hydroxyl groups is 1. The van der Waals surface area contributed by atoms with Gasteiger partial charge in [-0.15, -0.1) is 11.3 Å². The molecular weight excluding hydrogens is 248 g/mol. The quantitative estimate of drug-likeness (QED) is 0.818. The first-order valence-electron chi connectivity index (χ1n) is 5.52. The van der Waals surface area contributed by atoms with Gasteiger partial charge in [0.25, 0.3) is 5.91 Å². The van der Waals surface area contributed by atoms with E-state index >= 15 is 0 Å². The molecule has 0 unspecified atom stereocenters. The van der Waals surface area contributed by atoms with Gasteiger partial charge < -0.3 is 10.4 Å². The first-order chi connectivity index (χ1) is 8.47. The van der Waals surface area contributed by atoms with Crippen LogP contribution in [0.25, 0.3) is 0 Å². The molecule has 5 heteroatoms. The topological polar surface area (TPSA) is 62.2 Å². The SMILES string of the molecule is Cc1nc(C(=O)Nc2ccc(O)cc2C)c(C)s1. The normalized spacial score (nSPS) is 10.4. The van der Waals surface area contributed by atoms with Crippen molar-refractivity contribution in [2.45, 2.75) is 20.8 Å². The van der Waals surface area contributed by atoms with Crippen LogP contribution in [0.5, 0.6) is 5.75 Å². The highest BCUT2D eigenvalue weighted by Gasteiger charge is 2.14. The zero-order chi connectivity index (χ0) is 13.3. The van der Waals surface area contributed by atoms with Gasteiger partial charge in [0.15, 0.2) is 0 Å². The van der Waals surface area contributed by atoms with Gasteiger partial charge in [-0.05, 0) is 44.5 Å². The number of carbonyl (C=O) groups is 1. The number of nitrogens with one attached hydrogen (secondary N) is 1. The van der Waals surface area contributed by atoms with Crippen LogP contribution in [0.15, 0.2) is 18.2 Å². The Kier molecular flexibility index (Phi) is 3.34. The molecule has 0 aliphatic heterocycles. The van der Waals surface area contributed by atoms with E-state index < -0.39 is 0 Å². The Morgan fingerprint density at radius 3 is 2.61 bits per heavy atom. The Hall–Kier alpha value is -1.88. The van der Waals surface area contributed by atoms with Crippen molar-refractivity contribution < 1.29 is 9.90 Å². The minimum Gasteiger partial charge on any atom is -0.508 e. The molecule has 0 fully saturated rings. The van der Waals surface area contributed by atoms with E-state index in [0.717, 1.165) is 15.4 Å². The number of nitrogens with zero attached hydrogens (tertiary/aromatic N) is 1. The lowest BCUT2D eigenvalue weighted by molar-refractivity contribution is 0.102. The molecule has 2 aromatic rings. The van der Waals surface area contributed by atoms with Crippen LogP contribution in [-0.2, 0) is 0 Å². The van der Waals surface area contributed by atoms with Gasteiger partial charge in [-0.1, -0.05) is 0 Å². The number of hydrogen-bond donors (Lipinski definition) is 2. The molecular formula is C13H14N2O2S. The number of amides is 1. The minimum absolute atomic E-state index is 0.186. The number of aryl methyl sites for hydroxylation is 3. The van der Waals surface area contributed by atoms with Crippen molar-refractivity contribution in [3.8, 4) is 5.75 Å². The predicted octanol–water partition coefficient (Wildman–Crippen LogP) is 3.03. The number of phenols is 1. The number of carbonyl (C=O) groups excluding carboxylic acids is 1. The Balaban J connectivity index is 2.24. The second kappa shape index (κ2) is 4.78. The van der Waals surface area contributed by atoms with Crippen LogP contribution in [0.2, 0.25) is 0 Å². The summed E-state index contributed by atoms with van der Waals surface area (Å²) in [5.74, 6) is -0.0307.